The van der Waals surface area contributed by atoms with Crippen LogP contribution >= 0.6 is 0 Å². The molecule has 1 unspecified atom stereocenters. The highest BCUT2D eigenvalue weighted by atomic mass is 16.5. The third-order valence-electron chi connectivity index (χ3n) is 2.91. The molecule has 0 saturated heterocycles. The minimum atomic E-state index is -0.0996. The Bertz CT molecular complexity index is 451. The molecule has 1 rings (SSSR count). The summed E-state index contributed by atoms with van der Waals surface area (Å²) in [5, 5.41) is 11.4. The summed E-state index contributed by atoms with van der Waals surface area (Å²) in [6.07, 6.45) is 0.409. The zero-order valence-electron chi connectivity index (χ0n) is 11.5. The number of carbonyl (C=O) groups excluding carboxylic acids is 1. The van der Waals surface area contributed by atoms with Gasteiger partial charge in [-0.05, 0) is 38.2 Å². The smallest absolute Gasteiger partial charge is 0.238 e. The predicted molar refractivity (Wildman–Crippen MR) is 73.9 cm³/mol. The van der Waals surface area contributed by atoms with Crippen LogP contribution < -0.4 is 10.1 Å². The quantitative estimate of drug-likeness (QED) is 0.849. The van der Waals surface area contributed by atoms with Gasteiger partial charge in [0, 0.05) is 11.7 Å². The summed E-state index contributed by atoms with van der Waals surface area (Å²) < 4.78 is 5.05. The zero-order valence-corrected chi connectivity index (χ0v) is 11.5. The number of carbonyl (C=O) groups is 1. The van der Waals surface area contributed by atoms with Crippen LogP contribution in [0.25, 0.3) is 0 Å². The molecule has 1 amide bonds. The summed E-state index contributed by atoms with van der Waals surface area (Å²) >= 11 is 0. The number of nitrogens with one attached hydrogen (secondary N) is 1. The normalized spacial score (nSPS) is 11.7. The summed E-state index contributed by atoms with van der Waals surface area (Å²) in [6.45, 7) is 2.18. The first-order chi connectivity index (χ1) is 9.06. The second kappa shape index (κ2) is 7.39. The average Bonchev–Trinajstić information content (AvgIpc) is 2.39. The van der Waals surface area contributed by atoms with Crippen LogP contribution in [0.5, 0.6) is 5.75 Å². The van der Waals surface area contributed by atoms with Crippen molar-refractivity contribution >= 4 is 11.6 Å². The summed E-state index contributed by atoms with van der Waals surface area (Å²) in [5.74, 6) is 0.648. The van der Waals surface area contributed by atoms with Crippen LogP contribution in [0.2, 0.25) is 0 Å². The van der Waals surface area contributed by atoms with Crippen LogP contribution in [0.15, 0.2) is 24.3 Å². The van der Waals surface area contributed by atoms with Crippen molar-refractivity contribution in [3.05, 3.63) is 24.3 Å². The van der Waals surface area contributed by atoms with Crippen molar-refractivity contribution in [2.24, 2.45) is 0 Å². The molecule has 0 radical (unpaired) electrons. The number of amides is 1. The lowest BCUT2D eigenvalue weighted by atomic mass is 10.2. The molecule has 0 heterocycles. The van der Waals surface area contributed by atoms with E-state index < -0.39 is 0 Å². The van der Waals surface area contributed by atoms with E-state index in [-0.39, 0.29) is 18.5 Å². The molecule has 1 atom stereocenters. The molecule has 5 nitrogen and oxygen atoms in total. The first-order valence-electron chi connectivity index (χ1n) is 6.08. The minimum absolute atomic E-state index is 0.0617. The molecule has 0 aliphatic rings. The molecule has 0 aliphatic carbocycles. The second-order valence-corrected chi connectivity index (χ2v) is 4.40. The number of nitrogens with zero attached hydrogens (tertiary/aromatic N) is 2. The molecule has 1 N–H and O–H groups in total. The second-order valence-electron chi connectivity index (χ2n) is 4.40. The molecular weight excluding hydrogens is 242 g/mol. The molecule has 0 aromatic heterocycles. The number of ether oxygens (including phenoxy) is 1. The molecule has 19 heavy (non-hydrogen) atoms. The summed E-state index contributed by atoms with van der Waals surface area (Å²) in [5.41, 5.74) is 0.729. The molecule has 5 heteroatoms. The van der Waals surface area contributed by atoms with Gasteiger partial charge in [-0.2, -0.15) is 5.26 Å². The minimum Gasteiger partial charge on any atom is -0.497 e. The predicted octanol–water partition coefficient (Wildman–Crippen LogP) is 1.87. The number of hydrogen-bond acceptors (Lipinski definition) is 4. The van der Waals surface area contributed by atoms with E-state index in [4.69, 9.17) is 10.00 Å². The van der Waals surface area contributed by atoms with E-state index in [9.17, 15) is 4.79 Å². The summed E-state index contributed by atoms with van der Waals surface area (Å²) in [6, 6.07) is 9.31. The lowest BCUT2D eigenvalue weighted by molar-refractivity contribution is -0.117. The first-order valence-corrected chi connectivity index (χ1v) is 6.08. The lowest BCUT2D eigenvalue weighted by Crippen LogP contribution is -2.36. The Balaban J connectivity index is 2.48. The molecule has 0 aliphatic heterocycles. The standard InChI is InChI=1S/C14H19N3O2/c1-11(8-9-15)17(2)10-14(18)16-12-4-6-13(19-3)7-5-12/h4-7,11H,8,10H2,1-3H3,(H,16,18). The fourth-order valence-electron chi connectivity index (χ4n) is 1.55. The fraction of sp³-hybridized carbons (Fsp3) is 0.429. The number of rotatable bonds is 6. The highest BCUT2D eigenvalue weighted by Crippen LogP contribution is 2.14. The Morgan fingerprint density at radius 2 is 2.11 bits per heavy atom. The van der Waals surface area contributed by atoms with Gasteiger partial charge in [0.25, 0.3) is 0 Å². The van der Waals surface area contributed by atoms with Crippen LogP contribution in [-0.2, 0) is 4.79 Å². The average molecular weight is 261 g/mol. The van der Waals surface area contributed by atoms with Gasteiger partial charge in [-0.3, -0.25) is 9.69 Å². The van der Waals surface area contributed by atoms with Crippen molar-refractivity contribution < 1.29 is 9.53 Å². The van der Waals surface area contributed by atoms with Gasteiger partial charge in [-0.1, -0.05) is 0 Å². The lowest BCUT2D eigenvalue weighted by Gasteiger charge is -2.21. The summed E-state index contributed by atoms with van der Waals surface area (Å²) in [7, 11) is 3.43. The number of benzene rings is 1. The van der Waals surface area contributed by atoms with Crippen molar-refractivity contribution in [3.63, 3.8) is 0 Å². The van der Waals surface area contributed by atoms with Crippen LogP contribution in [0.1, 0.15) is 13.3 Å². The van der Waals surface area contributed by atoms with Crippen molar-refractivity contribution in [2.45, 2.75) is 19.4 Å². The van der Waals surface area contributed by atoms with Gasteiger partial charge in [0.15, 0.2) is 0 Å². The van der Waals surface area contributed by atoms with E-state index in [1.54, 1.807) is 31.4 Å². The van der Waals surface area contributed by atoms with E-state index in [1.165, 1.54) is 0 Å². The van der Waals surface area contributed by atoms with E-state index in [1.807, 2.05) is 18.9 Å². The zero-order chi connectivity index (χ0) is 14.3. The van der Waals surface area contributed by atoms with Gasteiger partial charge in [-0.15, -0.1) is 0 Å². The monoisotopic (exact) mass is 261 g/mol. The SMILES string of the molecule is COc1ccc(NC(=O)CN(C)C(C)CC#N)cc1. The molecule has 1 aromatic carbocycles. The molecule has 1 aromatic rings. The van der Waals surface area contributed by atoms with Gasteiger partial charge in [0.2, 0.25) is 5.91 Å². The topological polar surface area (TPSA) is 65.4 Å². The molecular formula is C14H19N3O2. The number of nitriles is 1. The van der Waals surface area contributed by atoms with Gasteiger partial charge < -0.3 is 10.1 Å². The highest BCUT2D eigenvalue weighted by molar-refractivity contribution is 5.92. The van der Waals surface area contributed by atoms with Crippen LogP contribution in [0, 0.1) is 11.3 Å². The fourth-order valence-corrected chi connectivity index (χ4v) is 1.55. The van der Waals surface area contributed by atoms with Crippen LogP contribution in [-0.4, -0.2) is 37.6 Å². The first kappa shape index (κ1) is 15.0. The van der Waals surface area contributed by atoms with E-state index in [0.717, 1.165) is 11.4 Å². The Hall–Kier alpha value is -2.06. The van der Waals surface area contributed by atoms with Crippen molar-refractivity contribution in [1.82, 2.24) is 4.90 Å². The Morgan fingerprint density at radius 1 is 1.47 bits per heavy atom. The maximum Gasteiger partial charge on any atom is 0.238 e. The van der Waals surface area contributed by atoms with Crippen molar-refractivity contribution in [2.75, 3.05) is 26.0 Å². The van der Waals surface area contributed by atoms with Gasteiger partial charge in [-0.25, -0.2) is 0 Å². The molecule has 0 saturated carbocycles. The van der Waals surface area contributed by atoms with E-state index >= 15 is 0 Å². The third-order valence-corrected chi connectivity index (χ3v) is 2.91. The number of anilines is 1. The molecule has 0 fully saturated rings. The highest BCUT2D eigenvalue weighted by Gasteiger charge is 2.12. The van der Waals surface area contributed by atoms with E-state index in [0.29, 0.717) is 6.42 Å². The Morgan fingerprint density at radius 3 is 2.63 bits per heavy atom. The molecule has 0 bridgehead atoms. The van der Waals surface area contributed by atoms with E-state index in [2.05, 4.69) is 11.4 Å². The molecule has 102 valence electrons. The number of methoxy groups -OCH3 is 1. The Kier molecular flexibility index (Phi) is 5.83. The van der Waals surface area contributed by atoms with Gasteiger partial charge in [0.05, 0.1) is 26.1 Å². The summed E-state index contributed by atoms with van der Waals surface area (Å²) in [4.78, 5) is 13.7. The maximum absolute atomic E-state index is 11.8. The number of hydrogen-bond donors (Lipinski definition) is 1. The molecule has 0 spiro atoms. The number of likely N-dealkylation sites (N-methyl/N-ethyl adjacent to an activating group) is 1. The van der Waals surface area contributed by atoms with Crippen molar-refractivity contribution in [1.29, 1.82) is 5.26 Å². The maximum atomic E-state index is 11.8. The van der Waals surface area contributed by atoms with Crippen LogP contribution in [0.3, 0.4) is 0 Å². The largest absolute Gasteiger partial charge is 0.497 e. The Labute approximate surface area is 113 Å². The van der Waals surface area contributed by atoms with Crippen LogP contribution in [0.4, 0.5) is 5.69 Å². The van der Waals surface area contributed by atoms with Gasteiger partial charge in [0.1, 0.15) is 5.75 Å². The third kappa shape index (κ3) is 4.98. The van der Waals surface area contributed by atoms with Gasteiger partial charge >= 0.3 is 0 Å². The van der Waals surface area contributed by atoms with Crippen molar-refractivity contribution in [3.8, 4) is 11.8 Å².